The molecule has 5 heteroatoms. The van der Waals surface area contributed by atoms with Crippen molar-refractivity contribution in [2.24, 2.45) is 5.73 Å². The van der Waals surface area contributed by atoms with E-state index < -0.39 is 5.91 Å². The smallest absolute Gasteiger partial charge is 0.250 e. The summed E-state index contributed by atoms with van der Waals surface area (Å²) in [6, 6.07) is 17.2. The molecule has 0 spiro atoms. The van der Waals surface area contributed by atoms with Crippen molar-refractivity contribution in [2.75, 3.05) is 5.32 Å². The van der Waals surface area contributed by atoms with Crippen LogP contribution in [0.5, 0.6) is 0 Å². The maximum Gasteiger partial charge on any atom is 0.250 e. The maximum atomic E-state index is 11.6. The zero-order chi connectivity index (χ0) is 16.4. The van der Waals surface area contributed by atoms with Crippen LogP contribution in [-0.2, 0) is 0 Å². The van der Waals surface area contributed by atoms with E-state index in [0.717, 1.165) is 17.2 Å². The Balaban J connectivity index is 2.02. The van der Waals surface area contributed by atoms with Gasteiger partial charge in [-0.25, -0.2) is 4.68 Å². The number of primary amides is 1. The number of hydrogen-bond donors (Lipinski definition) is 2. The molecule has 0 saturated carbocycles. The number of amides is 1. The summed E-state index contributed by atoms with van der Waals surface area (Å²) in [7, 11) is 0. The number of aromatic nitrogens is 2. The van der Waals surface area contributed by atoms with Crippen molar-refractivity contribution in [3.63, 3.8) is 0 Å². The van der Waals surface area contributed by atoms with Gasteiger partial charge in [-0.05, 0) is 38.1 Å². The molecule has 23 heavy (non-hydrogen) atoms. The van der Waals surface area contributed by atoms with Gasteiger partial charge in [-0.3, -0.25) is 4.79 Å². The van der Waals surface area contributed by atoms with Crippen LogP contribution in [0.2, 0.25) is 0 Å². The molecule has 5 nitrogen and oxygen atoms in total. The van der Waals surface area contributed by atoms with Crippen LogP contribution in [0.4, 0.5) is 11.5 Å². The standard InChI is InChI=1S/C18H18N4O/c1-12-7-9-14(10-8-12)22-17(11-13(2)21-22)20-16-6-4-3-5-15(16)18(19)23/h3-11,20H,1-2H3,(H2,19,23). The summed E-state index contributed by atoms with van der Waals surface area (Å²) in [5.41, 5.74) is 9.56. The van der Waals surface area contributed by atoms with E-state index in [-0.39, 0.29) is 0 Å². The van der Waals surface area contributed by atoms with E-state index in [0.29, 0.717) is 11.3 Å². The number of hydrogen-bond acceptors (Lipinski definition) is 3. The number of anilines is 2. The summed E-state index contributed by atoms with van der Waals surface area (Å²) >= 11 is 0. The minimum Gasteiger partial charge on any atom is -0.366 e. The SMILES string of the molecule is Cc1ccc(-n2nc(C)cc2Nc2ccccc2C(N)=O)cc1. The molecule has 1 aromatic heterocycles. The number of nitrogens with two attached hydrogens (primary N) is 1. The van der Waals surface area contributed by atoms with Crippen molar-refractivity contribution in [3.8, 4) is 5.69 Å². The van der Waals surface area contributed by atoms with Crippen LogP contribution in [0.1, 0.15) is 21.6 Å². The predicted molar refractivity (Wildman–Crippen MR) is 91.3 cm³/mol. The lowest BCUT2D eigenvalue weighted by atomic mass is 10.1. The monoisotopic (exact) mass is 306 g/mol. The molecule has 0 aliphatic heterocycles. The first-order valence-corrected chi connectivity index (χ1v) is 7.34. The van der Waals surface area contributed by atoms with Crippen LogP contribution in [0.25, 0.3) is 5.69 Å². The molecule has 0 radical (unpaired) electrons. The lowest BCUT2D eigenvalue weighted by Gasteiger charge is -2.12. The fraction of sp³-hybridized carbons (Fsp3) is 0.111. The summed E-state index contributed by atoms with van der Waals surface area (Å²) in [6.07, 6.45) is 0. The van der Waals surface area contributed by atoms with E-state index >= 15 is 0 Å². The van der Waals surface area contributed by atoms with Crippen molar-refractivity contribution in [1.82, 2.24) is 9.78 Å². The molecule has 1 amide bonds. The van der Waals surface area contributed by atoms with Crippen LogP contribution in [-0.4, -0.2) is 15.7 Å². The Bertz CT molecular complexity index is 850. The fourth-order valence-electron chi connectivity index (χ4n) is 2.42. The van der Waals surface area contributed by atoms with Gasteiger partial charge >= 0.3 is 0 Å². The van der Waals surface area contributed by atoms with E-state index in [2.05, 4.69) is 10.4 Å². The minimum atomic E-state index is -0.466. The van der Waals surface area contributed by atoms with Crippen LogP contribution in [0, 0.1) is 13.8 Å². The molecule has 0 bridgehead atoms. The Kier molecular flexibility index (Phi) is 3.85. The molecule has 0 fully saturated rings. The molecule has 0 atom stereocenters. The third-order valence-corrected chi connectivity index (χ3v) is 3.57. The Morgan fingerprint density at radius 3 is 2.48 bits per heavy atom. The zero-order valence-corrected chi connectivity index (χ0v) is 13.1. The lowest BCUT2D eigenvalue weighted by Crippen LogP contribution is -2.13. The van der Waals surface area contributed by atoms with E-state index in [9.17, 15) is 4.79 Å². The predicted octanol–water partition coefficient (Wildman–Crippen LogP) is 3.33. The lowest BCUT2D eigenvalue weighted by molar-refractivity contribution is 0.100. The third-order valence-electron chi connectivity index (χ3n) is 3.57. The van der Waals surface area contributed by atoms with Crippen LogP contribution >= 0.6 is 0 Å². The molecule has 1 heterocycles. The van der Waals surface area contributed by atoms with Gasteiger partial charge in [0.15, 0.2) is 0 Å². The number of rotatable bonds is 4. The molecule has 3 rings (SSSR count). The normalized spacial score (nSPS) is 10.5. The second-order valence-corrected chi connectivity index (χ2v) is 5.45. The Hall–Kier alpha value is -3.08. The molecule has 0 aliphatic rings. The Morgan fingerprint density at radius 2 is 1.78 bits per heavy atom. The summed E-state index contributed by atoms with van der Waals surface area (Å²) in [5, 5.41) is 7.78. The molecule has 116 valence electrons. The van der Waals surface area contributed by atoms with Crippen molar-refractivity contribution in [1.29, 1.82) is 0 Å². The van der Waals surface area contributed by atoms with Gasteiger partial charge in [0.1, 0.15) is 5.82 Å². The average molecular weight is 306 g/mol. The highest BCUT2D eigenvalue weighted by molar-refractivity contribution is 5.99. The molecule has 0 saturated heterocycles. The van der Waals surface area contributed by atoms with Crippen molar-refractivity contribution in [3.05, 3.63) is 71.4 Å². The van der Waals surface area contributed by atoms with Crippen molar-refractivity contribution in [2.45, 2.75) is 13.8 Å². The first-order chi connectivity index (χ1) is 11.0. The van der Waals surface area contributed by atoms with Crippen LogP contribution in [0.15, 0.2) is 54.6 Å². The number of carbonyl (C=O) groups excluding carboxylic acids is 1. The highest BCUT2D eigenvalue weighted by Crippen LogP contribution is 2.24. The first-order valence-electron chi connectivity index (χ1n) is 7.34. The van der Waals surface area contributed by atoms with Gasteiger partial charge in [0.05, 0.1) is 22.6 Å². The Morgan fingerprint density at radius 1 is 1.09 bits per heavy atom. The third kappa shape index (κ3) is 3.08. The average Bonchev–Trinajstić information content (AvgIpc) is 2.89. The molecule has 0 unspecified atom stereocenters. The highest BCUT2D eigenvalue weighted by atomic mass is 16.1. The Labute approximate surface area is 134 Å². The van der Waals surface area contributed by atoms with E-state index in [1.54, 1.807) is 12.1 Å². The summed E-state index contributed by atoms with van der Waals surface area (Å²) in [5.74, 6) is 0.311. The van der Waals surface area contributed by atoms with Gasteiger partial charge in [0.2, 0.25) is 0 Å². The number of aryl methyl sites for hydroxylation is 2. The van der Waals surface area contributed by atoms with Gasteiger partial charge in [-0.15, -0.1) is 0 Å². The molecular weight excluding hydrogens is 288 g/mol. The van der Waals surface area contributed by atoms with Gasteiger partial charge in [0.25, 0.3) is 5.91 Å². The number of carbonyl (C=O) groups is 1. The summed E-state index contributed by atoms with van der Waals surface area (Å²) in [4.78, 5) is 11.6. The molecular formula is C18H18N4O. The van der Waals surface area contributed by atoms with Crippen LogP contribution < -0.4 is 11.1 Å². The van der Waals surface area contributed by atoms with Gasteiger partial charge in [-0.1, -0.05) is 29.8 Å². The second kappa shape index (κ2) is 5.96. The zero-order valence-electron chi connectivity index (χ0n) is 13.1. The number of nitrogens with one attached hydrogen (secondary N) is 1. The number of nitrogens with zero attached hydrogens (tertiary/aromatic N) is 2. The van der Waals surface area contributed by atoms with E-state index in [4.69, 9.17) is 5.73 Å². The number of benzene rings is 2. The van der Waals surface area contributed by atoms with Gasteiger partial charge < -0.3 is 11.1 Å². The summed E-state index contributed by atoms with van der Waals surface area (Å²) in [6.45, 7) is 3.97. The van der Waals surface area contributed by atoms with Crippen molar-refractivity contribution < 1.29 is 4.79 Å². The van der Waals surface area contributed by atoms with Crippen molar-refractivity contribution >= 4 is 17.4 Å². The first kappa shape index (κ1) is 14.8. The molecule has 3 aromatic rings. The largest absolute Gasteiger partial charge is 0.366 e. The van der Waals surface area contributed by atoms with E-state index in [1.165, 1.54) is 5.56 Å². The maximum absolute atomic E-state index is 11.6. The fourth-order valence-corrected chi connectivity index (χ4v) is 2.42. The summed E-state index contributed by atoms with van der Waals surface area (Å²) < 4.78 is 1.81. The second-order valence-electron chi connectivity index (χ2n) is 5.45. The number of para-hydroxylation sites is 1. The minimum absolute atomic E-state index is 0.446. The highest BCUT2D eigenvalue weighted by Gasteiger charge is 2.12. The van der Waals surface area contributed by atoms with Gasteiger partial charge in [0, 0.05) is 6.07 Å². The molecule has 0 aliphatic carbocycles. The van der Waals surface area contributed by atoms with E-state index in [1.807, 2.05) is 61.0 Å². The van der Waals surface area contributed by atoms with Gasteiger partial charge in [-0.2, -0.15) is 5.10 Å². The molecule has 3 N–H and O–H groups in total. The quantitative estimate of drug-likeness (QED) is 0.776. The molecule has 2 aromatic carbocycles. The van der Waals surface area contributed by atoms with Crippen LogP contribution in [0.3, 0.4) is 0 Å². The topological polar surface area (TPSA) is 72.9 Å².